The SMILES string of the molecule is CCn1nccc1C(=O)Nc1nnc(-c2ccc(OC)cc2OC)o1. The average molecular weight is 343 g/mol. The molecule has 1 amide bonds. The van der Waals surface area contributed by atoms with E-state index in [4.69, 9.17) is 13.9 Å². The molecule has 0 aliphatic carbocycles. The summed E-state index contributed by atoms with van der Waals surface area (Å²) >= 11 is 0. The molecule has 0 fully saturated rings. The summed E-state index contributed by atoms with van der Waals surface area (Å²) in [5.74, 6) is 1.00. The van der Waals surface area contributed by atoms with Crippen molar-refractivity contribution >= 4 is 11.9 Å². The Morgan fingerprint density at radius 2 is 2.08 bits per heavy atom. The van der Waals surface area contributed by atoms with Crippen LogP contribution in [-0.2, 0) is 6.54 Å². The van der Waals surface area contributed by atoms with Gasteiger partial charge in [0.05, 0.1) is 19.8 Å². The van der Waals surface area contributed by atoms with Crippen LogP contribution in [0.4, 0.5) is 6.01 Å². The van der Waals surface area contributed by atoms with Gasteiger partial charge in [0.2, 0.25) is 0 Å². The second kappa shape index (κ2) is 7.04. The highest BCUT2D eigenvalue weighted by atomic mass is 16.5. The number of hydrogen-bond donors (Lipinski definition) is 1. The minimum Gasteiger partial charge on any atom is -0.497 e. The molecular weight excluding hydrogens is 326 g/mol. The molecule has 25 heavy (non-hydrogen) atoms. The van der Waals surface area contributed by atoms with Crippen molar-refractivity contribution in [3.8, 4) is 23.0 Å². The molecule has 0 unspecified atom stereocenters. The van der Waals surface area contributed by atoms with Crippen molar-refractivity contribution < 1.29 is 18.7 Å². The van der Waals surface area contributed by atoms with Crippen LogP contribution >= 0.6 is 0 Å². The first-order chi connectivity index (χ1) is 12.2. The molecule has 0 saturated heterocycles. The summed E-state index contributed by atoms with van der Waals surface area (Å²) in [6.07, 6.45) is 1.56. The fraction of sp³-hybridized carbons (Fsp3) is 0.250. The number of carbonyl (C=O) groups is 1. The first-order valence-corrected chi connectivity index (χ1v) is 7.55. The normalized spacial score (nSPS) is 10.5. The van der Waals surface area contributed by atoms with E-state index in [1.807, 2.05) is 6.92 Å². The Morgan fingerprint density at radius 3 is 2.80 bits per heavy atom. The van der Waals surface area contributed by atoms with Crippen molar-refractivity contribution in [1.82, 2.24) is 20.0 Å². The number of ether oxygens (including phenoxy) is 2. The maximum absolute atomic E-state index is 12.3. The number of anilines is 1. The highest BCUT2D eigenvalue weighted by Crippen LogP contribution is 2.33. The largest absolute Gasteiger partial charge is 0.497 e. The van der Waals surface area contributed by atoms with Crippen molar-refractivity contribution in [1.29, 1.82) is 0 Å². The number of amides is 1. The number of rotatable bonds is 6. The molecule has 0 bridgehead atoms. The van der Waals surface area contributed by atoms with E-state index in [-0.39, 0.29) is 17.8 Å². The Labute approximate surface area is 143 Å². The number of nitrogens with zero attached hydrogens (tertiary/aromatic N) is 4. The summed E-state index contributed by atoms with van der Waals surface area (Å²) in [6, 6.07) is 6.80. The molecule has 1 aromatic carbocycles. The van der Waals surface area contributed by atoms with Crippen molar-refractivity contribution in [3.05, 3.63) is 36.2 Å². The van der Waals surface area contributed by atoms with Gasteiger partial charge in [-0.25, -0.2) is 0 Å². The number of benzene rings is 1. The standard InChI is InChI=1S/C16H17N5O4/c1-4-21-12(7-8-17-21)14(22)18-16-20-19-15(25-16)11-6-5-10(23-2)9-13(11)24-3/h5-9H,4H2,1-3H3,(H,18,20,22). The number of carbonyl (C=O) groups excluding carboxylic acids is 1. The molecule has 0 aliphatic heterocycles. The summed E-state index contributed by atoms with van der Waals surface area (Å²) in [5.41, 5.74) is 0.999. The Balaban J connectivity index is 1.82. The summed E-state index contributed by atoms with van der Waals surface area (Å²) in [5, 5.41) is 14.4. The highest BCUT2D eigenvalue weighted by molar-refractivity contribution is 6.01. The molecule has 0 aliphatic rings. The van der Waals surface area contributed by atoms with Crippen LogP contribution in [0.2, 0.25) is 0 Å². The zero-order valence-corrected chi connectivity index (χ0v) is 14.0. The number of nitrogens with one attached hydrogen (secondary N) is 1. The Hall–Kier alpha value is -3.36. The summed E-state index contributed by atoms with van der Waals surface area (Å²) in [4.78, 5) is 12.3. The van der Waals surface area contributed by atoms with Gasteiger partial charge < -0.3 is 13.9 Å². The second-order valence-corrected chi connectivity index (χ2v) is 4.96. The Bertz CT molecular complexity index is 886. The van der Waals surface area contributed by atoms with Crippen LogP contribution in [0.3, 0.4) is 0 Å². The lowest BCUT2D eigenvalue weighted by Gasteiger charge is -2.07. The molecule has 1 N–H and O–H groups in total. The van der Waals surface area contributed by atoms with Crippen LogP contribution in [0.5, 0.6) is 11.5 Å². The molecule has 9 heteroatoms. The minimum absolute atomic E-state index is 0.0123. The summed E-state index contributed by atoms with van der Waals surface area (Å²) in [6.45, 7) is 2.47. The Morgan fingerprint density at radius 1 is 1.24 bits per heavy atom. The van der Waals surface area contributed by atoms with E-state index in [9.17, 15) is 4.79 Å². The van der Waals surface area contributed by atoms with E-state index in [1.54, 1.807) is 42.3 Å². The number of aryl methyl sites for hydroxylation is 1. The molecule has 3 aromatic rings. The maximum Gasteiger partial charge on any atom is 0.322 e. The van der Waals surface area contributed by atoms with Gasteiger partial charge in [0.25, 0.3) is 11.8 Å². The molecule has 0 saturated carbocycles. The highest BCUT2D eigenvalue weighted by Gasteiger charge is 2.18. The number of hydrogen-bond acceptors (Lipinski definition) is 7. The molecule has 130 valence electrons. The molecule has 9 nitrogen and oxygen atoms in total. The lowest BCUT2D eigenvalue weighted by atomic mass is 10.2. The third-order valence-electron chi connectivity index (χ3n) is 3.53. The van der Waals surface area contributed by atoms with Crippen molar-refractivity contribution in [2.75, 3.05) is 19.5 Å². The topological polar surface area (TPSA) is 104 Å². The monoisotopic (exact) mass is 343 g/mol. The molecule has 0 radical (unpaired) electrons. The molecule has 2 heterocycles. The maximum atomic E-state index is 12.3. The van der Waals surface area contributed by atoms with Crippen molar-refractivity contribution in [3.63, 3.8) is 0 Å². The molecule has 0 spiro atoms. The van der Waals surface area contributed by atoms with Gasteiger partial charge in [0, 0.05) is 18.8 Å². The quantitative estimate of drug-likeness (QED) is 0.731. The lowest BCUT2D eigenvalue weighted by molar-refractivity contribution is 0.101. The zero-order chi connectivity index (χ0) is 17.8. The summed E-state index contributed by atoms with van der Waals surface area (Å²) in [7, 11) is 3.10. The molecular formula is C16H17N5O4. The first kappa shape index (κ1) is 16.5. The van der Waals surface area contributed by atoms with Gasteiger partial charge in [-0.05, 0) is 25.1 Å². The number of methoxy groups -OCH3 is 2. The van der Waals surface area contributed by atoms with Crippen LogP contribution in [0, 0.1) is 0 Å². The fourth-order valence-electron chi connectivity index (χ4n) is 2.30. The molecule has 3 rings (SSSR count). The van der Waals surface area contributed by atoms with E-state index < -0.39 is 0 Å². The van der Waals surface area contributed by atoms with Gasteiger partial charge in [-0.3, -0.25) is 14.8 Å². The van der Waals surface area contributed by atoms with Crippen molar-refractivity contribution in [2.45, 2.75) is 13.5 Å². The predicted octanol–water partition coefficient (Wildman–Crippen LogP) is 2.22. The minimum atomic E-state index is -0.378. The first-order valence-electron chi connectivity index (χ1n) is 7.55. The lowest BCUT2D eigenvalue weighted by Crippen LogP contribution is -2.17. The van der Waals surface area contributed by atoms with E-state index in [2.05, 4.69) is 20.6 Å². The third kappa shape index (κ3) is 3.30. The van der Waals surface area contributed by atoms with Gasteiger partial charge >= 0.3 is 6.01 Å². The van der Waals surface area contributed by atoms with Gasteiger partial charge in [-0.15, -0.1) is 5.10 Å². The molecule has 2 aromatic heterocycles. The van der Waals surface area contributed by atoms with Gasteiger partial charge in [0.15, 0.2) is 0 Å². The van der Waals surface area contributed by atoms with E-state index in [0.717, 1.165) is 0 Å². The van der Waals surface area contributed by atoms with Crippen LogP contribution < -0.4 is 14.8 Å². The smallest absolute Gasteiger partial charge is 0.322 e. The van der Waals surface area contributed by atoms with E-state index in [0.29, 0.717) is 29.3 Å². The third-order valence-corrected chi connectivity index (χ3v) is 3.53. The Kier molecular flexibility index (Phi) is 4.64. The predicted molar refractivity (Wildman–Crippen MR) is 88.7 cm³/mol. The zero-order valence-electron chi connectivity index (χ0n) is 14.0. The van der Waals surface area contributed by atoms with Crippen molar-refractivity contribution in [2.24, 2.45) is 0 Å². The van der Waals surface area contributed by atoms with Gasteiger partial charge in [-0.1, -0.05) is 5.10 Å². The van der Waals surface area contributed by atoms with Gasteiger partial charge in [0.1, 0.15) is 17.2 Å². The van der Waals surface area contributed by atoms with Crippen LogP contribution in [0.15, 0.2) is 34.9 Å². The van der Waals surface area contributed by atoms with Crippen LogP contribution in [0.25, 0.3) is 11.5 Å². The summed E-state index contributed by atoms with van der Waals surface area (Å²) < 4.78 is 17.6. The van der Waals surface area contributed by atoms with Crippen LogP contribution in [0.1, 0.15) is 17.4 Å². The average Bonchev–Trinajstić information content (AvgIpc) is 3.30. The number of aromatic nitrogens is 4. The van der Waals surface area contributed by atoms with E-state index >= 15 is 0 Å². The van der Waals surface area contributed by atoms with Gasteiger partial charge in [-0.2, -0.15) is 5.10 Å². The molecule has 0 atom stereocenters. The van der Waals surface area contributed by atoms with E-state index in [1.165, 1.54) is 7.11 Å². The van der Waals surface area contributed by atoms with Crippen LogP contribution in [-0.4, -0.2) is 40.1 Å². The second-order valence-electron chi connectivity index (χ2n) is 4.96. The fourth-order valence-corrected chi connectivity index (χ4v) is 2.30.